The summed E-state index contributed by atoms with van der Waals surface area (Å²) in [4.78, 5) is 3.78. The van der Waals surface area contributed by atoms with Gasteiger partial charge in [0.05, 0.1) is 5.84 Å². The summed E-state index contributed by atoms with van der Waals surface area (Å²) in [6.45, 7) is 3.34. The zero-order chi connectivity index (χ0) is 14.9. The number of aromatic nitrogens is 2. The van der Waals surface area contributed by atoms with E-state index in [9.17, 15) is 0 Å². The van der Waals surface area contributed by atoms with E-state index in [1.54, 1.807) is 22.6 Å². The van der Waals surface area contributed by atoms with Crippen molar-refractivity contribution in [3.63, 3.8) is 0 Å². The molecule has 1 heterocycles. The summed E-state index contributed by atoms with van der Waals surface area (Å²) in [5, 5.41) is 6.28. The largest absolute Gasteiger partial charge is 0.388 e. The molecule has 0 aliphatic carbocycles. The molecule has 4 nitrogen and oxygen atoms in total. The number of hydrogen-bond donors (Lipinski definition) is 2. The summed E-state index contributed by atoms with van der Waals surface area (Å²) in [5.74, 6) is 0.912. The van der Waals surface area contributed by atoms with E-state index in [1.807, 2.05) is 6.92 Å². The lowest BCUT2D eigenvalue weighted by Crippen LogP contribution is -2.07. The predicted molar refractivity (Wildman–Crippen MR) is 101 cm³/mol. The van der Waals surface area contributed by atoms with Crippen molar-refractivity contribution in [2.24, 2.45) is 5.73 Å². The van der Waals surface area contributed by atoms with Gasteiger partial charge >= 0.3 is 0 Å². The first-order valence-corrected chi connectivity index (χ1v) is 7.77. The molecule has 0 amide bonds. The molecule has 0 saturated heterocycles. The van der Waals surface area contributed by atoms with Crippen LogP contribution >= 0.6 is 105 Å². The van der Waals surface area contributed by atoms with Crippen LogP contribution in [0.4, 0.5) is 0 Å². The maximum absolute atomic E-state index is 6.28. The number of thiocarbonyl (C=S) groups is 1. The normalized spacial score (nSPS) is 9.00. The number of nitrogens with two attached hydrogens (primary N) is 1. The van der Waals surface area contributed by atoms with Gasteiger partial charge in [-0.05, 0) is 59.6 Å². The highest BCUT2D eigenvalue weighted by Crippen LogP contribution is 2.30. The van der Waals surface area contributed by atoms with Crippen LogP contribution in [0.1, 0.15) is 12.7 Å². The third-order valence-corrected chi connectivity index (χ3v) is 4.59. The smallest absolute Gasteiger partial charge is 0.231 e. The van der Waals surface area contributed by atoms with Crippen LogP contribution in [0.3, 0.4) is 0 Å². The minimum atomic E-state index is -1.37. The van der Waals surface area contributed by atoms with Gasteiger partial charge in [-0.1, -0.05) is 47.0 Å². The van der Waals surface area contributed by atoms with Crippen molar-refractivity contribution in [1.82, 2.24) is 9.36 Å². The van der Waals surface area contributed by atoms with Crippen LogP contribution in [0.25, 0.3) is 0 Å². The molecule has 0 spiro atoms. The fourth-order valence-electron chi connectivity index (χ4n) is 0.272. The molecule has 0 bridgehead atoms. The van der Waals surface area contributed by atoms with Crippen molar-refractivity contribution < 1.29 is 0 Å². The molecule has 0 radical (unpaired) electrons. The van der Waals surface area contributed by atoms with Crippen LogP contribution in [0.15, 0.2) is 0 Å². The maximum Gasteiger partial charge on any atom is 0.231 e. The molecule has 0 aliphatic heterocycles. The number of nitrogens with zero attached hydrogens (tertiary/aromatic N) is 2. The molecule has 0 atom stereocenters. The second kappa shape index (κ2) is 13.0. The minimum absolute atomic E-state index is 0. The lowest BCUT2D eigenvalue weighted by atomic mass is 10.8. The van der Waals surface area contributed by atoms with Crippen LogP contribution in [0.5, 0.6) is 0 Å². The van der Waals surface area contributed by atoms with E-state index in [1.165, 1.54) is 18.5 Å². The fraction of sp³-hybridized carbons (Fsp3) is 0.429. The third-order valence-electron chi connectivity index (χ3n) is 0.726. The number of aryl methyl sites for hydroxylation is 1. The summed E-state index contributed by atoms with van der Waals surface area (Å²) < 4.78 is 3.30. The summed E-state index contributed by atoms with van der Waals surface area (Å²) >= 11 is 28.7. The summed E-state index contributed by atoms with van der Waals surface area (Å²) in [5.41, 5.74) is 4.69. The highest BCUT2D eigenvalue weighted by Gasteiger charge is 2.22. The Morgan fingerprint density at radius 3 is 1.84 bits per heavy atom. The quantitative estimate of drug-likeness (QED) is 0.127. The second-order valence-corrected chi connectivity index (χ2v) is 8.38. The molecule has 0 unspecified atom stereocenters. The second-order valence-electron chi connectivity index (χ2n) is 2.55. The van der Waals surface area contributed by atoms with Crippen LogP contribution in [0.2, 0.25) is 4.47 Å². The number of hydrogen-bond acceptors (Lipinski definition) is 5. The van der Waals surface area contributed by atoms with Crippen LogP contribution in [-0.2, 0) is 0 Å². The monoisotopic (exact) mass is 516 g/mol. The molecular formula is C7H10Cl5IN4S2. The Morgan fingerprint density at radius 2 is 1.79 bits per heavy atom. The Labute approximate surface area is 161 Å². The minimum Gasteiger partial charge on any atom is -0.388 e. The summed E-state index contributed by atoms with van der Waals surface area (Å²) in [6, 6.07) is 0. The van der Waals surface area contributed by atoms with Gasteiger partial charge in [-0.25, -0.2) is 4.98 Å². The van der Waals surface area contributed by atoms with Crippen molar-refractivity contribution >= 4 is 114 Å². The zero-order valence-electron chi connectivity index (χ0n) is 9.59. The fourth-order valence-corrected chi connectivity index (χ4v) is 0.919. The van der Waals surface area contributed by atoms with Crippen LogP contribution in [-0.4, -0.2) is 21.9 Å². The van der Waals surface area contributed by atoms with E-state index in [-0.39, 0.29) is 18.2 Å². The van der Waals surface area contributed by atoms with Crippen LogP contribution < -0.4 is 5.73 Å². The zero-order valence-corrected chi connectivity index (χ0v) is 17.2. The molecular weight excluding hydrogens is 508 g/mol. The molecule has 1 aromatic rings. The number of amidine groups is 1. The van der Waals surface area contributed by atoms with E-state index in [0.29, 0.717) is 7.34 Å². The molecule has 0 aliphatic rings. The Morgan fingerprint density at radius 1 is 1.47 bits per heavy atom. The van der Waals surface area contributed by atoms with Gasteiger partial charge in [0.25, 0.3) is 0 Å². The van der Waals surface area contributed by atoms with E-state index >= 15 is 0 Å². The summed E-state index contributed by atoms with van der Waals surface area (Å²) in [7, 11) is 0. The van der Waals surface area contributed by atoms with Gasteiger partial charge in [0.1, 0.15) is 8.70 Å². The van der Waals surface area contributed by atoms with E-state index in [4.69, 9.17) is 57.5 Å². The van der Waals surface area contributed by atoms with Crippen molar-refractivity contribution in [1.29, 1.82) is 5.41 Å². The standard InChI is InChI=1S/C3H3ClN2S.C2Cl3IS.C2H6N2.ClH/c1-2-5-3(4)7-6-2;3-2(4,5)1(6)7;1-2(3)4;/h1H3;;1H3,(H3,3,4);1H. The van der Waals surface area contributed by atoms with Gasteiger partial charge in [-0.2, -0.15) is 4.37 Å². The Kier molecular flexibility index (Phi) is 17.3. The van der Waals surface area contributed by atoms with E-state index in [0.717, 1.165) is 5.82 Å². The summed E-state index contributed by atoms with van der Waals surface area (Å²) in [6.07, 6.45) is 0. The first-order chi connectivity index (χ1) is 7.96. The van der Waals surface area contributed by atoms with Crippen molar-refractivity contribution in [2.45, 2.75) is 17.6 Å². The van der Waals surface area contributed by atoms with Gasteiger partial charge in [0.15, 0.2) is 0 Å². The molecule has 12 heteroatoms. The number of nitrogens with one attached hydrogen (secondary N) is 1. The SMILES string of the molecule is CC(=N)N.Cc1nsc(Cl)n1.Cl.S=C(I)C(Cl)(Cl)Cl. The van der Waals surface area contributed by atoms with Crippen molar-refractivity contribution in [3.8, 4) is 0 Å². The lowest BCUT2D eigenvalue weighted by molar-refractivity contribution is 1.17. The molecule has 0 fully saturated rings. The van der Waals surface area contributed by atoms with Gasteiger partial charge in [-0.15, -0.1) is 12.4 Å². The number of alkyl halides is 3. The molecule has 1 aromatic heterocycles. The Balaban J connectivity index is -0.000000205. The van der Waals surface area contributed by atoms with E-state index < -0.39 is 3.79 Å². The maximum atomic E-state index is 6.28. The topological polar surface area (TPSA) is 75.7 Å². The lowest BCUT2D eigenvalue weighted by Gasteiger charge is -2.03. The average molecular weight is 518 g/mol. The first kappa shape index (κ1) is 25.3. The van der Waals surface area contributed by atoms with Gasteiger partial charge in [0.2, 0.25) is 8.26 Å². The van der Waals surface area contributed by atoms with Crippen LogP contribution in [0, 0.1) is 12.3 Å². The number of halogens is 6. The molecule has 112 valence electrons. The predicted octanol–water partition coefficient (Wildman–Crippen LogP) is 4.98. The van der Waals surface area contributed by atoms with E-state index in [2.05, 4.69) is 21.6 Å². The molecule has 0 saturated carbocycles. The molecule has 19 heavy (non-hydrogen) atoms. The van der Waals surface area contributed by atoms with Gasteiger partial charge < -0.3 is 5.73 Å². The number of rotatable bonds is 0. The Bertz CT molecular complexity index is 375. The van der Waals surface area contributed by atoms with Gasteiger partial charge in [0, 0.05) is 0 Å². The highest BCUT2D eigenvalue weighted by molar-refractivity contribution is 14.1. The highest BCUT2D eigenvalue weighted by atomic mass is 127. The molecule has 1 rings (SSSR count). The first-order valence-electron chi connectivity index (χ1n) is 4.00. The third kappa shape index (κ3) is 21.7. The van der Waals surface area contributed by atoms with Crippen molar-refractivity contribution in [3.05, 3.63) is 10.3 Å². The average Bonchev–Trinajstić information content (AvgIpc) is 2.48. The molecule has 3 N–H and O–H groups in total. The Hall–Kier alpha value is 1.30. The molecule has 0 aromatic carbocycles. The van der Waals surface area contributed by atoms with Crippen molar-refractivity contribution in [2.75, 3.05) is 0 Å². The van der Waals surface area contributed by atoms with Gasteiger partial charge in [-0.3, -0.25) is 5.41 Å².